The molecule has 7 heteroatoms. The van der Waals surface area contributed by atoms with Crippen molar-refractivity contribution in [3.8, 4) is 11.5 Å². The van der Waals surface area contributed by atoms with Crippen molar-refractivity contribution in [1.29, 1.82) is 0 Å². The first-order valence-electron chi connectivity index (χ1n) is 20.8. The smallest absolute Gasteiger partial charge is 0.301 e. The minimum Gasteiger partial charge on any atom is -0.507 e. The molecule has 1 aliphatic carbocycles. The van der Waals surface area contributed by atoms with E-state index in [9.17, 15) is 10.2 Å². The van der Waals surface area contributed by atoms with E-state index in [1.807, 2.05) is 45.3 Å². The van der Waals surface area contributed by atoms with Gasteiger partial charge in [0, 0.05) is 23.6 Å². The van der Waals surface area contributed by atoms with E-state index >= 15 is 0 Å². The Bertz CT molecular complexity index is 2620. The normalized spacial score (nSPS) is 15.9. The van der Waals surface area contributed by atoms with E-state index in [0.29, 0.717) is 5.56 Å². The standard InChI is InChI=1S/C53H51N3O2P2/c1-39-33-40(2)52(57)42(34-39)37-54-50-31-19-20-32-51(50)55-38-43-36-49(35-41(3)53(43)58)60(47-27-15-7-16-28-47,48-29-17-8-18-30-48)56-59(44-21-9-4-10-22-44,45-23-11-5-12-24-45)46-25-13-6-14-26-46/h4-18,21-30,33-38,50-51H,19-20,31-32H2,1-3H3,(H,54,57)/p+1/t50-,51-/m0/s1. The molecule has 7 aromatic carbocycles. The second-order valence-electron chi connectivity index (χ2n) is 15.7. The van der Waals surface area contributed by atoms with Gasteiger partial charge in [0.15, 0.2) is 0 Å². The summed E-state index contributed by atoms with van der Waals surface area (Å²) in [6.45, 7) is 5.94. The predicted octanol–water partition coefficient (Wildman–Crippen LogP) is 9.59. The molecule has 1 saturated carbocycles. The highest BCUT2D eigenvalue weighted by Gasteiger charge is 2.44. The highest BCUT2D eigenvalue weighted by Crippen LogP contribution is 2.51. The molecule has 0 aromatic heterocycles. The summed E-state index contributed by atoms with van der Waals surface area (Å²) in [5.41, 5.74) is 4.09. The molecule has 0 bridgehead atoms. The molecule has 1 aliphatic rings. The molecular weight excluding hydrogens is 773 g/mol. The Kier molecular flexibility index (Phi) is 12.3. The Morgan fingerprint density at radius 3 is 1.17 bits per heavy atom. The lowest BCUT2D eigenvalue weighted by Gasteiger charge is -2.25. The molecule has 2 atom stereocenters. The maximum atomic E-state index is 11.9. The predicted molar refractivity (Wildman–Crippen MR) is 258 cm³/mol. The third-order valence-electron chi connectivity index (χ3n) is 11.6. The Labute approximate surface area is 355 Å². The maximum Gasteiger partial charge on any atom is 0.301 e. The summed E-state index contributed by atoms with van der Waals surface area (Å²) in [6.07, 6.45) is 7.64. The van der Waals surface area contributed by atoms with Crippen LogP contribution in [0.5, 0.6) is 11.5 Å². The van der Waals surface area contributed by atoms with Crippen molar-refractivity contribution in [2.45, 2.75) is 58.5 Å². The van der Waals surface area contributed by atoms with Crippen molar-refractivity contribution < 1.29 is 10.2 Å². The summed E-state index contributed by atoms with van der Waals surface area (Å²) in [5.74, 6) is 0.484. The van der Waals surface area contributed by atoms with Crippen LogP contribution in [0.4, 0.5) is 0 Å². The van der Waals surface area contributed by atoms with Crippen molar-refractivity contribution in [3.63, 3.8) is 0 Å². The highest BCUT2D eigenvalue weighted by molar-refractivity contribution is 7.93. The quantitative estimate of drug-likeness (QED) is 0.0819. The second kappa shape index (κ2) is 18.1. The van der Waals surface area contributed by atoms with Gasteiger partial charge in [-0.3, -0.25) is 9.98 Å². The molecule has 0 heterocycles. The summed E-state index contributed by atoms with van der Waals surface area (Å²) >= 11 is 0. The Morgan fingerprint density at radius 2 is 0.783 bits per heavy atom. The lowest BCUT2D eigenvalue weighted by atomic mass is 9.91. The first-order chi connectivity index (χ1) is 29.3. The van der Waals surface area contributed by atoms with Crippen molar-refractivity contribution in [1.82, 2.24) is 4.17 Å². The molecule has 300 valence electrons. The van der Waals surface area contributed by atoms with Gasteiger partial charge in [0.1, 0.15) is 11.5 Å². The number of phenolic OH excluding ortho intramolecular Hbond substituents is 2. The van der Waals surface area contributed by atoms with Gasteiger partial charge in [0.25, 0.3) is 0 Å². The van der Waals surface area contributed by atoms with E-state index in [4.69, 9.17) is 14.2 Å². The number of aryl methyl sites for hydroxylation is 3. The van der Waals surface area contributed by atoms with Gasteiger partial charge in [-0.15, -0.1) is 4.17 Å². The van der Waals surface area contributed by atoms with Crippen molar-refractivity contribution in [3.05, 3.63) is 204 Å². The molecule has 8 rings (SSSR count). The van der Waals surface area contributed by atoms with Crippen LogP contribution in [0.2, 0.25) is 0 Å². The zero-order valence-corrected chi connectivity index (χ0v) is 36.3. The fraction of sp³-hybridized carbons (Fsp3) is 0.170. The Hall–Kier alpha value is -5.95. The monoisotopic (exact) mass is 824 g/mol. The summed E-state index contributed by atoms with van der Waals surface area (Å²) in [6, 6.07) is 62.2. The van der Waals surface area contributed by atoms with Crippen LogP contribution in [-0.2, 0) is 0 Å². The number of hydrogen-bond donors (Lipinski definition) is 2. The molecule has 5 nitrogen and oxygen atoms in total. The minimum atomic E-state index is -2.92. The van der Waals surface area contributed by atoms with E-state index in [0.717, 1.165) is 63.9 Å². The third kappa shape index (κ3) is 8.15. The number of hydrogen-bond acceptors (Lipinski definition) is 4. The molecule has 0 radical (unpaired) electrons. The van der Waals surface area contributed by atoms with Gasteiger partial charge in [0.05, 0.1) is 43.9 Å². The number of benzene rings is 7. The zero-order chi connectivity index (χ0) is 41.5. The van der Waals surface area contributed by atoms with E-state index in [1.54, 1.807) is 0 Å². The summed E-state index contributed by atoms with van der Waals surface area (Å²) in [4.78, 5) is 10.2. The van der Waals surface area contributed by atoms with Crippen LogP contribution in [0.15, 0.2) is 186 Å². The average molecular weight is 825 g/mol. The lowest BCUT2D eigenvalue weighted by Crippen LogP contribution is -2.32. The van der Waals surface area contributed by atoms with Crippen LogP contribution in [0.3, 0.4) is 0 Å². The van der Waals surface area contributed by atoms with Crippen LogP contribution in [0.25, 0.3) is 0 Å². The SMILES string of the molecule is Cc1cc(C)c(O)c(C=N[C@H]2CCCC[C@@H]2N=Cc2cc(P(=[N+]=P(c3ccccc3)(c3ccccc3)c3ccccc3)(c3ccccc3)c3ccccc3)cc(C)c2O)c1. The van der Waals surface area contributed by atoms with E-state index in [-0.39, 0.29) is 23.6 Å². The van der Waals surface area contributed by atoms with Crippen LogP contribution < -0.4 is 36.0 Å². The van der Waals surface area contributed by atoms with E-state index < -0.39 is 14.1 Å². The fourth-order valence-electron chi connectivity index (χ4n) is 8.58. The topological polar surface area (TPSA) is 79.3 Å². The number of rotatable bonds is 10. The van der Waals surface area contributed by atoms with Gasteiger partial charge in [0.2, 0.25) is 0 Å². The van der Waals surface area contributed by atoms with Crippen molar-refractivity contribution in [2.24, 2.45) is 9.98 Å². The third-order valence-corrected chi connectivity index (χ3v) is 20.0. The molecule has 2 N–H and O–H groups in total. The summed E-state index contributed by atoms with van der Waals surface area (Å²) < 4.78 is 6.56. The average Bonchev–Trinajstić information content (AvgIpc) is 3.30. The van der Waals surface area contributed by atoms with Gasteiger partial charge < -0.3 is 10.2 Å². The Morgan fingerprint density at radius 1 is 0.450 bits per heavy atom. The number of nitrogens with zero attached hydrogens (tertiary/aromatic N) is 3. The van der Waals surface area contributed by atoms with Crippen molar-refractivity contribution in [2.75, 3.05) is 0 Å². The van der Waals surface area contributed by atoms with Gasteiger partial charge in [-0.2, -0.15) is 0 Å². The maximum absolute atomic E-state index is 11.9. The molecular formula is C53H52N3O2P2+. The number of phenols is 2. The van der Waals surface area contributed by atoms with Gasteiger partial charge in [-0.25, -0.2) is 0 Å². The van der Waals surface area contributed by atoms with Crippen LogP contribution in [-0.4, -0.2) is 34.7 Å². The lowest BCUT2D eigenvalue weighted by molar-refractivity contribution is 0.390. The summed E-state index contributed by atoms with van der Waals surface area (Å²) in [7, 11) is -5.67. The summed E-state index contributed by atoms with van der Waals surface area (Å²) in [5, 5.41) is 29.5. The molecule has 0 amide bonds. The molecule has 7 aromatic rings. The molecule has 0 unspecified atom stereocenters. The van der Waals surface area contributed by atoms with Crippen LogP contribution in [0, 0.1) is 20.8 Å². The molecule has 0 aliphatic heterocycles. The Balaban J connectivity index is 1.43. The molecule has 1 fully saturated rings. The fourth-order valence-corrected chi connectivity index (χ4v) is 18.2. The van der Waals surface area contributed by atoms with Gasteiger partial charge in [-0.1, -0.05) is 110 Å². The van der Waals surface area contributed by atoms with Crippen LogP contribution in [0.1, 0.15) is 53.5 Å². The highest BCUT2D eigenvalue weighted by atomic mass is 31.2. The first kappa shape index (κ1) is 40.8. The zero-order valence-electron chi connectivity index (χ0n) is 34.5. The first-order valence-corrected chi connectivity index (χ1v) is 24.3. The van der Waals surface area contributed by atoms with Crippen molar-refractivity contribution >= 4 is 58.4 Å². The number of aliphatic imine (C=N–C) groups is 2. The van der Waals surface area contributed by atoms with Crippen LogP contribution >= 0.6 is 14.1 Å². The largest absolute Gasteiger partial charge is 0.507 e. The van der Waals surface area contributed by atoms with Gasteiger partial charge >= 0.3 is 14.1 Å². The van der Waals surface area contributed by atoms with E-state index in [1.165, 1.54) is 15.9 Å². The number of aromatic hydroxyl groups is 2. The van der Waals surface area contributed by atoms with Gasteiger partial charge in [-0.05, 0) is 129 Å². The second-order valence-corrected chi connectivity index (χ2v) is 22.1. The van der Waals surface area contributed by atoms with E-state index in [2.05, 4.69) is 164 Å². The molecule has 60 heavy (non-hydrogen) atoms. The minimum absolute atomic E-state index is 0.0371. The molecule has 0 saturated heterocycles. The molecule has 0 spiro atoms.